The van der Waals surface area contributed by atoms with Gasteiger partial charge in [0.05, 0.1) is 37.5 Å². The molecule has 1 N–H and O–H groups in total. The Morgan fingerprint density at radius 2 is 1.64 bits per heavy atom. The minimum absolute atomic E-state index is 0.0230. The topological polar surface area (TPSA) is 115 Å². The van der Waals surface area contributed by atoms with Gasteiger partial charge in [-0.05, 0) is 87.6 Å². The summed E-state index contributed by atoms with van der Waals surface area (Å²) in [7, 11) is -3.96. The number of aryl methyl sites for hydroxylation is 4. The number of fused-ring (bicyclic) bond motifs is 2. The van der Waals surface area contributed by atoms with Crippen LogP contribution in [0.15, 0.2) is 48.7 Å². The van der Waals surface area contributed by atoms with Gasteiger partial charge in [-0.2, -0.15) is 0 Å². The van der Waals surface area contributed by atoms with Gasteiger partial charge in [-0.15, -0.1) is 0 Å². The summed E-state index contributed by atoms with van der Waals surface area (Å²) in [5, 5.41) is 0.707. The van der Waals surface area contributed by atoms with Crippen molar-refractivity contribution in [1.82, 2.24) is 9.71 Å². The zero-order chi connectivity index (χ0) is 31.8. The van der Waals surface area contributed by atoms with Crippen LogP contribution in [0.25, 0.3) is 10.9 Å². The summed E-state index contributed by atoms with van der Waals surface area (Å²) in [6.45, 7) is 12.4. The van der Waals surface area contributed by atoms with Gasteiger partial charge >= 0.3 is 0 Å². The first-order valence-electron chi connectivity index (χ1n) is 14.6. The summed E-state index contributed by atoms with van der Waals surface area (Å²) in [6.07, 6.45) is 1.66. The molecule has 0 unspecified atom stereocenters. The minimum atomic E-state index is -3.96. The van der Waals surface area contributed by atoms with Gasteiger partial charge in [-0.3, -0.25) is 19.3 Å². The molecule has 0 saturated heterocycles. The third kappa shape index (κ3) is 5.99. The number of amides is 2. The van der Waals surface area contributed by atoms with Crippen molar-refractivity contribution in [2.24, 2.45) is 0 Å². The number of pyridine rings is 1. The molecule has 1 aromatic heterocycles. The number of hydrogen-bond acceptors (Lipinski definition) is 7. The molecule has 1 aliphatic rings. The highest BCUT2D eigenvalue weighted by Crippen LogP contribution is 2.45. The summed E-state index contributed by atoms with van der Waals surface area (Å²) in [5.74, 6) is -0.142. The molecule has 0 saturated carbocycles. The van der Waals surface area contributed by atoms with Crippen LogP contribution in [0.5, 0.6) is 11.5 Å². The van der Waals surface area contributed by atoms with Crippen molar-refractivity contribution < 1.29 is 27.5 Å². The molecule has 2 heterocycles. The second kappa shape index (κ2) is 12.3. The number of nitrogens with zero attached hydrogens (tertiary/aromatic N) is 2. The summed E-state index contributed by atoms with van der Waals surface area (Å²) in [4.78, 5) is 32.8. The fraction of sp³-hybridized carbons (Fsp3) is 0.324. The Morgan fingerprint density at radius 3 is 2.30 bits per heavy atom. The van der Waals surface area contributed by atoms with Crippen LogP contribution in [0.3, 0.4) is 0 Å². The Bertz CT molecular complexity index is 1880. The Morgan fingerprint density at radius 1 is 0.955 bits per heavy atom. The van der Waals surface area contributed by atoms with Crippen LogP contribution in [-0.2, 0) is 33.5 Å². The van der Waals surface area contributed by atoms with E-state index in [0.717, 1.165) is 27.8 Å². The number of hydrogen-bond donors (Lipinski definition) is 1. The second-order valence-electron chi connectivity index (χ2n) is 11.1. The van der Waals surface area contributed by atoms with Crippen LogP contribution in [0.4, 0.5) is 5.69 Å². The average Bonchev–Trinajstić information content (AvgIpc) is 3.28. The molecule has 3 aromatic carbocycles. The number of sulfonamides is 1. The number of nitrogens with one attached hydrogen (secondary N) is 1. The maximum absolute atomic E-state index is 13.9. The maximum atomic E-state index is 13.9. The lowest BCUT2D eigenvalue weighted by atomic mass is 9.97. The summed E-state index contributed by atoms with van der Waals surface area (Å²) in [5.41, 5.74) is 7.46. The van der Waals surface area contributed by atoms with E-state index in [2.05, 4.69) is 9.71 Å². The van der Waals surface area contributed by atoms with Gasteiger partial charge in [-0.1, -0.05) is 29.8 Å². The van der Waals surface area contributed by atoms with Crippen molar-refractivity contribution in [3.8, 4) is 11.5 Å². The van der Waals surface area contributed by atoms with Gasteiger partial charge in [-0.25, -0.2) is 8.42 Å². The number of carbonyl (C=O) groups excluding carboxylic acids is 2. The number of benzene rings is 3. The van der Waals surface area contributed by atoms with Crippen molar-refractivity contribution >= 4 is 38.4 Å². The molecule has 0 atom stereocenters. The molecular formula is C34H37N3O6S. The van der Waals surface area contributed by atoms with Crippen molar-refractivity contribution in [1.29, 1.82) is 0 Å². The molecule has 5 rings (SSSR count). The van der Waals surface area contributed by atoms with E-state index in [0.29, 0.717) is 58.0 Å². The van der Waals surface area contributed by atoms with Crippen molar-refractivity contribution in [2.45, 2.75) is 60.3 Å². The molecule has 1 aliphatic heterocycles. The SMILES string of the molecule is CCOc1c2c(c(OCC)c3ncccc13)CN(c1ccc(CS(=O)(=O)NC(=O)Cc3c(C)cc(C)cc3C)cc1C)C2=O. The highest BCUT2D eigenvalue weighted by atomic mass is 32.2. The van der Waals surface area contributed by atoms with Gasteiger partial charge in [0.25, 0.3) is 5.91 Å². The maximum Gasteiger partial charge on any atom is 0.262 e. The number of anilines is 1. The molecule has 4 aromatic rings. The first kappa shape index (κ1) is 31.0. The summed E-state index contributed by atoms with van der Waals surface area (Å²) in [6, 6.07) is 12.8. The van der Waals surface area contributed by atoms with Gasteiger partial charge < -0.3 is 14.4 Å². The largest absolute Gasteiger partial charge is 0.492 e. The van der Waals surface area contributed by atoms with E-state index in [1.807, 2.05) is 59.7 Å². The highest BCUT2D eigenvalue weighted by molar-refractivity contribution is 7.89. The third-order valence-corrected chi connectivity index (χ3v) is 9.03. The minimum Gasteiger partial charge on any atom is -0.492 e. The molecule has 2 amide bonds. The lowest BCUT2D eigenvalue weighted by molar-refractivity contribution is -0.118. The molecule has 0 aliphatic carbocycles. The van der Waals surface area contributed by atoms with E-state index >= 15 is 0 Å². The molecule has 0 spiro atoms. The van der Waals surface area contributed by atoms with Crippen LogP contribution in [-0.4, -0.2) is 38.4 Å². The van der Waals surface area contributed by atoms with Crippen LogP contribution in [0.2, 0.25) is 0 Å². The zero-order valence-corrected chi connectivity index (χ0v) is 26.7. The molecular weight excluding hydrogens is 578 g/mol. The summed E-state index contributed by atoms with van der Waals surface area (Å²) < 4.78 is 40.2. The number of rotatable bonds is 10. The van der Waals surface area contributed by atoms with E-state index in [9.17, 15) is 18.0 Å². The number of carbonyl (C=O) groups is 2. The van der Waals surface area contributed by atoms with Gasteiger partial charge in [0.2, 0.25) is 15.9 Å². The quantitative estimate of drug-likeness (QED) is 0.246. The Hall–Kier alpha value is -4.44. The number of aromatic nitrogens is 1. The average molecular weight is 616 g/mol. The summed E-state index contributed by atoms with van der Waals surface area (Å²) >= 11 is 0. The molecule has 0 fully saturated rings. The fourth-order valence-electron chi connectivity index (χ4n) is 6.05. The van der Waals surface area contributed by atoms with Gasteiger partial charge in [0.15, 0.2) is 5.75 Å². The second-order valence-corrected chi connectivity index (χ2v) is 12.9. The predicted molar refractivity (Wildman–Crippen MR) is 171 cm³/mol. The van der Waals surface area contributed by atoms with Crippen molar-refractivity contribution in [3.63, 3.8) is 0 Å². The zero-order valence-electron chi connectivity index (χ0n) is 25.9. The first-order chi connectivity index (χ1) is 20.9. The van der Waals surface area contributed by atoms with E-state index in [1.165, 1.54) is 0 Å². The molecule has 0 bridgehead atoms. The van der Waals surface area contributed by atoms with Crippen LogP contribution in [0.1, 0.15) is 63.1 Å². The number of ether oxygens (including phenoxy) is 2. The van der Waals surface area contributed by atoms with E-state index in [-0.39, 0.29) is 24.6 Å². The van der Waals surface area contributed by atoms with Crippen LogP contribution < -0.4 is 19.1 Å². The Labute approximate surface area is 258 Å². The third-order valence-electron chi connectivity index (χ3n) is 7.78. The lowest BCUT2D eigenvalue weighted by Gasteiger charge is -2.19. The molecule has 44 heavy (non-hydrogen) atoms. The fourth-order valence-corrected chi connectivity index (χ4v) is 7.16. The lowest BCUT2D eigenvalue weighted by Crippen LogP contribution is -2.33. The van der Waals surface area contributed by atoms with Gasteiger partial charge in [0, 0.05) is 22.8 Å². The van der Waals surface area contributed by atoms with E-state index < -0.39 is 15.9 Å². The Kier molecular flexibility index (Phi) is 8.65. The van der Waals surface area contributed by atoms with E-state index in [1.54, 1.807) is 35.4 Å². The normalized spacial score (nSPS) is 12.9. The van der Waals surface area contributed by atoms with Crippen LogP contribution >= 0.6 is 0 Å². The molecule has 230 valence electrons. The van der Waals surface area contributed by atoms with E-state index in [4.69, 9.17) is 9.47 Å². The smallest absolute Gasteiger partial charge is 0.262 e. The molecule has 9 nitrogen and oxygen atoms in total. The predicted octanol–water partition coefficient (Wildman–Crippen LogP) is 5.61. The van der Waals surface area contributed by atoms with Crippen molar-refractivity contribution in [3.05, 3.63) is 93.2 Å². The monoisotopic (exact) mass is 615 g/mol. The first-order valence-corrected chi connectivity index (χ1v) is 16.3. The van der Waals surface area contributed by atoms with Gasteiger partial charge in [0.1, 0.15) is 11.3 Å². The van der Waals surface area contributed by atoms with Crippen LogP contribution in [0, 0.1) is 27.7 Å². The highest BCUT2D eigenvalue weighted by Gasteiger charge is 2.37. The van der Waals surface area contributed by atoms with Crippen molar-refractivity contribution in [2.75, 3.05) is 18.1 Å². The molecule has 10 heteroatoms. The Balaban J connectivity index is 1.38. The standard InChI is InChI=1S/C34H37N3O6S/c1-7-42-32-25-10-9-13-35-31(25)33(43-8-2)27-18-37(34(39)30(27)32)28-12-11-24(16-23(28)6)19-44(40,41)36-29(38)17-26-21(4)14-20(3)15-22(26)5/h9-16H,7-8,17-19H2,1-6H3,(H,36,38). The molecule has 0 radical (unpaired) electrons.